The number of aromatic nitrogens is 2. The first kappa shape index (κ1) is 25.2. The average Bonchev–Trinajstić information content (AvgIpc) is 2.86. The maximum atomic E-state index is 13.0. The van der Waals surface area contributed by atoms with Gasteiger partial charge in [-0.05, 0) is 34.9 Å². The highest BCUT2D eigenvalue weighted by molar-refractivity contribution is 6.39. The second-order valence-corrected chi connectivity index (χ2v) is 8.87. The first-order chi connectivity index (χ1) is 17.3. The van der Waals surface area contributed by atoms with E-state index in [4.69, 9.17) is 23.2 Å². The van der Waals surface area contributed by atoms with Crippen LogP contribution in [0.2, 0.25) is 10.0 Å². The maximum Gasteiger partial charge on any atom is 0.326 e. The fraction of sp³-hybridized carbons (Fsp3) is 0.111. The van der Waals surface area contributed by atoms with Crippen LogP contribution in [0.25, 0.3) is 11.1 Å². The van der Waals surface area contributed by atoms with E-state index in [1.54, 1.807) is 42.6 Å². The number of aliphatic carboxylic acids is 1. The van der Waals surface area contributed by atoms with Gasteiger partial charge in [-0.1, -0.05) is 83.9 Å². The lowest BCUT2D eigenvalue weighted by atomic mass is 10.0. The molecule has 0 radical (unpaired) electrons. The smallest absolute Gasteiger partial charge is 0.326 e. The van der Waals surface area contributed by atoms with Gasteiger partial charge in [-0.25, -0.2) is 9.48 Å². The lowest BCUT2D eigenvalue weighted by Gasteiger charge is -2.16. The minimum Gasteiger partial charge on any atom is -0.480 e. The van der Waals surface area contributed by atoms with Crippen molar-refractivity contribution in [3.05, 3.63) is 122 Å². The SMILES string of the molecule is O=C(N[C@@H](Cc1ccc(-c2ccnn(Cc3ccccc3)c2=O)cc1)C(=O)O)c1c(Cl)cccc1Cl. The molecule has 3 aromatic carbocycles. The maximum absolute atomic E-state index is 13.0. The average molecular weight is 522 g/mol. The molecule has 0 unspecified atom stereocenters. The summed E-state index contributed by atoms with van der Waals surface area (Å²) in [6.07, 6.45) is 1.60. The van der Waals surface area contributed by atoms with E-state index in [0.717, 1.165) is 5.56 Å². The molecule has 0 bridgehead atoms. The Balaban J connectivity index is 1.51. The number of hydrogen-bond acceptors (Lipinski definition) is 4. The van der Waals surface area contributed by atoms with E-state index in [1.165, 1.54) is 16.8 Å². The van der Waals surface area contributed by atoms with Gasteiger partial charge in [-0.2, -0.15) is 5.10 Å². The number of carboxylic acids is 1. The summed E-state index contributed by atoms with van der Waals surface area (Å²) in [5.74, 6) is -1.88. The zero-order valence-corrected chi connectivity index (χ0v) is 20.4. The van der Waals surface area contributed by atoms with Crippen molar-refractivity contribution >= 4 is 35.1 Å². The van der Waals surface area contributed by atoms with Gasteiger partial charge in [0.1, 0.15) is 6.04 Å². The molecule has 4 aromatic rings. The number of carbonyl (C=O) groups excluding carboxylic acids is 1. The Hall–Kier alpha value is -3.94. The summed E-state index contributed by atoms with van der Waals surface area (Å²) in [7, 11) is 0. The van der Waals surface area contributed by atoms with Crippen LogP contribution in [-0.4, -0.2) is 32.8 Å². The van der Waals surface area contributed by atoms with Gasteiger partial charge in [-0.15, -0.1) is 0 Å². The Morgan fingerprint density at radius 1 is 0.889 bits per heavy atom. The summed E-state index contributed by atoms with van der Waals surface area (Å²) < 4.78 is 1.40. The molecule has 0 spiro atoms. The Labute approximate surface area is 216 Å². The minimum atomic E-state index is -1.21. The predicted octanol–water partition coefficient (Wildman–Crippen LogP) is 4.69. The van der Waals surface area contributed by atoms with Crippen LogP contribution in [0, 0.1) is 0 Å². The molecule has 1 aromatic heterocycles. The minimum absolute atomic E-state index is 0.0203. The van der Waals surface area contributed by atoms with Crippen LogP contribution in [0.15, 0.2) is 89.9 Å². The Kier molecular flexibility index (Phi) is 7.83. The summed E-state index contributed by atoms with van der Waals surface area (Å²) in [6.45, 7) is 0.348. The Bertz CT molecular complexity index is 1430. The molecule has 1 amide bonds. The molecule has 9 heteroatoms. The molecule has 1 atom stereocenters. The van der Waals surface area contributed by atoms with Crippen molar-refractivity contribution in [3.8, 4) is 11.1 Å². The van der Waals surface area contributed by atoms with Gasteiger partial charge in [0.25, 0.3) is 11.5 Å². The number of nitrogens with one attached hydrogen (secondary N) is 1. The zero-order chi connectivity index (χ0) is 25.7. The quantitative estimate of drug-likeness (QED) is 0.350. The zero-order valence-electron chi connectivity index (χ0n) is 18.9. The van der Waals surface area contributed by atoms with E-state index in [9.17, 15) is 19.5 Å². The highest BCUT2D eigenvalue weighted by atomic mass is 35.5. The van der Waals surface area contributed by atoms with Crippen molar-refractivity contribution in [2.75, 3.05) is 0 Å². The van der Waals surface area contributed by atoms with Gasteiger partial charge in [0.05, 0.1) is 27.7 Å². The van der Waals surface area contributed by atoms with Crippen molar-refractivity contribution in [3.63, 3.8) is 0 Å². The van der Waals surface area contributed by atoms with Gasteiger partial charge >= 0.3 is 5.97 Å². The number of amides is 1. The van der Waals surface area contributed by atoms with Gasteiger partial charge in [0, 0.05) is 12.6 Å². The summed E-state index contributed by atoms with van der Waals surface area (Å²) in [6, 6.07) is 21.5. The first-order valence-electron chi connectivity index (χ1n) is 11.0. The van der Waals surface area contributed by atoms with E-state index < -0.39 is 17.9 Å². The van der Waals surface area contributed by atoms with Crippen molar-refractivity contribution in [1.29, 1.82) is 0 Å². The fourth-order valence-corrected chi connectivity index (χ4v) is 4.31. The van der Waals surface area contributed by atoms with E-state index in [-0.39, 0.29) is 27.6 Å². The molecule has 0 fully saturated rings. The van der Waals surface area contributed by atoms with E-state index >= 15 is 0 Å². The van der Waals surface area contributed by atoms with Crippen molar-refractivity contribution in [2.24, 2.45) is 0 Å². The van der Waals surface area contributed by atoms with Crippen LogP contribution >= 0.6 is 23.2 Å². The molecule has 0 aliphatic rings. The van der Waals surface area contributed by atoms with Crippen LogP contribution in [-0.2, 0) is 17.8 Å². The van der Waals surface area contributed by atoms with E-state index in [0.29, 0.717) is 23.2 Å². The first-order valence-corrected chi connectivity index (χ1v) is 11.8. The summed E-state index contributed by atoms with van der Waals surface area (Å²) >= 11 is 12.1. The third-order valence-corrected chi connectivity index (χ3v) is 6.22. The number of hydrogen-bond donors (Lipinski definition) is 2. The molecule has 0 aliphatic heterocycles. The number of nitrogens with zero attached hydrogens (tertiary/aromatic N) is 2. The van der Waals surface area contributed by atoms with E-state index in [2.05, 4.69) is 10.4 Å². The molecular formula is C27H21Cl2N3O4. The predicted molar refractivity (Wildman–Crippen MR) is 139 cm³/mol. The van der Waals surface area contributed by atoms with Gasteiger partial charge in [0.15, 0.2) is 0 Å². The number of benzene rings is 3. The summed E-state index contributed by atoms with van der Waals surface area (Å²) in [5, 5.41) is 16.6. The van der Waals surface area contributed by atoms with E-state index in [1.807, 2.05) is 30.3 Å². The number of halogens is 2. The number of carbonyl (C=O) groups is 2. The highest BCUT2D eigenvalue weighted by Gasteiger charge is 2.24. The molecule has 36 heavy (non-hydrogen) atoms. The summed E-state index contributed by atoms with van der Waals surface area (Å²) in [5.41, 5.74) is 2.55. The summed E-state index contributed by atoms with van der Waals surface area (Å²) in [4.78, 5) is 37.5. The molecule has 182 valence electrons. The van der Waals surface area contributed by atoms with Crippen LogP contribution in [0.3, 0.4) is 0 Å². The largest absolute Gasteiger partial charge is 0.480 e. The van der Waals surface area contributed by atoms with Gasteiger partial charge in [0.2, 0.25) is 0 Å². The monoisotopic (exact) mass is 521 g/mol. The molecule has 7 nitrogen and oxygen atoms in total. The Morgan fingerprint density at radius 2 is 1.56 bits per heavy atom. The molecule has 0 saturated carbocycles. The number of carboxylic acid groups (broad SMARTS) is 1. The Morgan fingerprint density at radius 3 is 2.19 bits per heavy atom. The third kappa shape index (κ3) is 5.82. The van der Waals surface area contributed by atoms with Crippen molar-refractivity contribution < 1.29 is 14.7 Å². The van der Waals surface area contributed by atoms with Crippen LogP contribution in [0.4, 0.5) is 0 Å². The number of rotatable bonds is 8. The second kappa shape index (κ2) is 11.2. The fourth-order valence-electron chi connectivity index (χ4n) is 3.74. The normalized spacial score (nSPS) is 11.6. The topological polar surface area (TPSA) is 101 Å². The molecular weight excluding hydrogens is 501 g/mol. The van der Waals surface area contributed by atoms with Gasteiger partial charge in [-0.3, -0.25) is 9.59 Å². The van der Waals surface area contributed by atoms with Crippen LogP contribution in [0.5, 0.6) is 0 Å². The molecule has 4 rings (SSSR count). The highest BCUT2D eigenvalue weighted by Crippen LogP contribution is 2.24. The standard InChI is InChI=1S/C27H21Cl2N3O4/c28-21-7-4-8-22(29)24(21)25(33)31-23(27(35)36)15-17-9-11-19(12-10-17)20-13-14-30-32(26(20)34)16-18-5-2-1-3-6-18/h1-14,23H,15-16H2,(H,31,33)(H,35,36)/t23-/m0/s1. The lowest BCUT2D eigenvalue weighted by Crippen LogP contribution is -2.42. The second-order valence-electron chi connectivity index (χ2n) is 8.06. The third-order valence-electron chi connectivity index (χ3n) is 5.59. The van der Waals surface area contributed by atoms with Crippen molar-refractivity contribution in [1.82, 2.24) is 15.1 Å². The lowest BCUT2D eigenvalue weighted by molar-refractivity contribution is -0.139. The van der Waals surface area contributed by atoms with Crippen LogP contribution < -0.4 is 10.9 Å². The molecule has 2 N–H and O–H groups in total. The molecule has 1 heterocycles. The van der Waals surface area contributed by atoms with Crippen LogP contribution in [0.1, 0.15) is 21.5 Å². The van der Waals surface area contributed by atoms with Crippen molar-refractivity contribution in [2.45, 2.75) is 19.0 Å². The molecule has 0 aliphatic carbocycles. The van der Waals surface area contributed by atoms with Gasteiger partial charge < -0.3 is 10.4 Å². The molecule has 0 saturated heterocycles.